The second-order valence-corrected chi connectivity index (χ2v) is 8.71. The third-order valence-corrected chi connectivity index (χ3v) is 6.55. The fourth-order valence-corrected chi connectivity index (χ4v) is 4.60. The summed E-state index contributed by atoms with van der Waals surface area (Å²) in [6.07, 6.45) is 3.44. The molecule has 3 aromatic rings. The van der Waals surface area contributed by atoms with E-state index in [0.717, 1.165) is 55.6 Å². The molecule has 174 valence electrons. The molecule has 2 aromatic heterocycles. The molecule has 8 nitrogen and oxygen atoms in total. The first-order valence-corrected chi connectivity index (χ1v) is 12.0. The molecule has 0 aliphatic carbocycles. The van der Waals surface area contributed by atoms with E-state index in [2.05, 4.69) is 21.7 Å². The molecule has 9 heteroatoms. The molecule has 0 unspecified atom stereocenters. The van der Waals surface area contributed by atoms with Crippen LogP contribution >= 0.6 is 11.8 Å². The zero-order chi connectivity index (χ0) is 23.0. The van der Waals surface area contributed by atoms with Crippen molar-refractivity contribution in [3.8, 4) is 17.1 Å². The van der Waals surface area contributed by atoms with Gasteiger partial charge in [0, 0.05) is 39.3 Å². The van der Waals surface area contributed by atoms with Gasteiger partial charge in [0.05, 0.1) is 17.6 Å². The molecular weight excluding hydrogens is 438 g/mol. The van der Waals surface area contributed by atoms with Crippen molar-refractivity contribution < 1.29 is 13.9 Å². The Morgan fingerprint density at radius 2 is 1.97 bits per heavy atom. The molecule has 1 aromatic carbocycles. The summed E-state index contributed by atoms with van der Waals surface area (Å²) in [7, 11) is 0. The fourth-order valence-electron chi connectivity index (χ4n) is 3.75. The van der Waals surface area contributed by atoms with Gasteiger partial charge < -0.3 is 14.1 Å². The molecule has 1 saturated heterocycles. The number of benzene rings is 1. The highest BCUT2D eigenvalue weighted by molar-refractivity contribution is 7.99. The van der Waals surface area contributed by atoms with Crippen LogP contribution in [0.25, 0.3) is 11.4 Å². The normalized spacial score (nSPS) is 14.4. The van der Waals surface area contributed by atoms with Crippen molar-refractivity contribution in [2.24, 2.45) is 0 Å². The van der Waals surface area contributed by atoms with Crippen LogP contribution in [0, 0.1) is 6.92 Å². The van der Waals surface area contributed by atoms with E-state index in [0.29, 0.717) is 24.1 Å². The Morgan fingerprint density at radius 1 is 1.18 bits per heavy atom. The maximum atomic E-state index is 12.8. The number of hydrogen-bond donors (Lipinski definition) is 0. The summed E-state index contributed by atoms with van der Waals surface area (Å²) in [5.41, 5.74) is 0.898. The second-order valence-electron chi connectivity index (χ2n) is 7.77. The van der Waals surface area contributed by atoms with Gasteiger partial charge in [-0.25, -0.2) is 0 Å². The molecule has 0 radical (unpaired) electrons. The molecule has 1 aliphatic heterocycles. The molecule has 1 fully saturated rings. The van der Waals surface area contributed by atoms with Crippen LogP contribution in [0.4, 0.5) is 0 Å². The minimum absolute atomic E-state index is 0.120. The topological polar surface area (TPSA) is 76.6 Å². The first-order chi connectivity index (χ1) is 16.2. The van der Waals surface area contributed by atoms with Crippen LogP contribution in [0.1, 0.15) is 5.76 Å². The molecule has 0 bridgehead atoms. The molecule has 3 heterocycles. The fraction of sp³-hybridized carbons (Fsp3) is 0.375. The number of nitrogens with zero attached hydrogens (tertiary/aromatic N) is 5. The number of hydrogen-bond acceptors (Lipinski definition) is 7. The summed E-state index contributed by atoms with van der Waals surface area (Å²) in [4.78, 5) is 17.1. The Balaban J connectivity index is 1.25. The van der Waals surface area contributed by atoms with E-state index >= 15 is 0 Å². The lowest BCUT2D eigenvalue weighted by Gasteiger charge is -2.34. The molecule has 1 amide bonds. The van der Waals surface area contributed by atoms with Crippen molar-refractivity contribution in [2.45, 2.75) is 18.6 Å². The maximum absolute atomic E-state index is 12.8. The summed E-state index contributed by atoms with van der Waals surface area (Å²) in [5, 5.41) is 9.35. The summed E-state index contributed by atoms with van der Waals surface area (Å²) in [6, 6.07) is 11.7. The number of ether oxygens (including phenoxy) is 1. The largest absolute Gasteiger partial charge is 0.492 e. The van der Waals surface area contributed by atoms with Gasteiger partial charge in [-0.15, -0.1) is 16.8 Å². The van der Waals surface area contributed by atoms with Gasteiger partial charge in [0.2, 0.25) is 5.91 Å². The highest BCUT2D eigenvalue weighted by Gasteiger charge is 2.23. The smallest absolute Gasteiger partial charge is 0.233 e. The third-order valence-electron chi connectivity index (χ3n) is 5.60. The Hall–Kier alpha value is -3.04. The summed E-state index contributed by atoms with van der Waals surface area (Å²) < 4.78 is 13.2. The van der Waals surface area contributed by atoms with Crippen LogP contribution in [-0.4, -0.2) is 75.6 Å². The number of piperazine rings is 1. The molecule has 33 heavy (non-hydrogen) atoms. The number of allylic oxidation sites excluding steroid dienone is 1. The van der Waals surface area contributed by atoms with Crippen molar-refractivity contribution in [2.75, 3.05) is 45.1 Å². The zero-order valence-electron chi connectivity index (χ0n) is 18.9. The number of aryl methyl sites for hydroxylation is 1. The van der Waals surface area contributed by atoms with E-state index in [9.17, 15) is 4.79 Å². The van der Waals surface area contributed by atoms with Crippen molar-refractivity contribution in [3.63, 3.8) is 0 Å². The second kappa shape index (κ2) is 11.2. The quantitative estimate of drug-likeness (QED) is 0.334. The van der Waals surface area contributed by atoms with Crippen LogP contribution in [0.3, 0.4) is 0 Å². The van der Waals surface area contributed by atoms with Crippen LogP contribution in [0.5, 0.6) is 5.75 Å². The van der Waals surface area contributed by atoms with Gasteiger partial charge in [-0.05, 0) is 25.1 Å². The van der Waals surface area contributed by atoms with Crippen molar-refractivity contribution in [1.29, 1.82) is 0 Å². The van der Waals surface area contributed by atoms with Gasteiger partial charge in [-0.3, -0.25) is 14.3 Å². The zero-order valence-corrected chi connectivity index (χ0v) is 19.7. The number of amides is 1. The van der Waals surface area contributed by atoms with E-state index in [1.165, 1.54) is 11.8 Å². The summed E-state index contributed by atoms with van der Waals surface area (Å²) >= 11 is 1.41. The Morgan fingerprint density at radius 3 is 2.67 bits per heavy atom. The van der Waals surface area contributed by atoms with Gasteiger partial charge in [-0.2, -0.15) is 0 Å². The van der Waals surface area contributed by atoms with Gasteiger partial charge in [0.1, 0.15) is 18.1 Å². The van der Waals surface area contributed by atoms with Crippen LogP contribution < -0.4 is 4.74 Å². The van der Waals surface area contributed by atoms with Crippen molar-refractivity contribution in [1.82, 2.24) is 24.6 Å². The Labute approximate surface area is 198 Å². The van der Waals surface area contributed by atoms with E-state index in [-0.39, 0.29) is 5.91 Å². The lowest BCUT2D eigenvalue weighted by atomic mass is 10.2. The monoisotopic (exact) mass is 467 g/mol. The van der Waals surface area contributed by atoms with Crippen molar-refractivity contribution >= 4 is 17.7 Å². The number of para-hydroxylation sites is 1. The Kier molecular flexibility index (Phi) is 7.85. The van der Waals surface area contributed by atoms with Crippen molar-refractivity contribution in [3.05, 3.63) is 61.1 Å². The highest BCUT2D eigenvalue weighted by Crippen LogP contribution is 2.27. The Bertz CT molecular complexity index is 1060. The van der Waals surface area contributed by atoms with Gasteiger partial charge >= 0.3 is 0 Å². The minimum Gasteiger partial charge on any atom is -0.492 e. The molecule has 0 N–H and O–H groups in total. The molecule has 0 spiro atoms. The number of carbonyl (C=O) groups is 1. The van der Waals surface area contributed by atoms with Crippen LogP contribution in [-0.2, 0) is 11.3 Å². The van der Waals surface area contributed by atoms with Gasteiger partial charge in [0.15, 0.2) is 11.0 Å². The number of carbonyl (C=O) groups excluding carboxylic acids is 1. The number of thioether (sulfide) groups is 1. The average Bonchev–Trinajstić information content (AvgIpc) is 3.44. The molecule has 4 rings (SSSR count). The number of aromatic nitrogens is 3. The van der Waals surface area contributed by atoms with E-state index in [1.54, 1.807) is 12.3 Å². The summed E-state index contributed by atoms with van der Waals surface area (Å²) in [5.74, 6) is 2.85. The maximum Gasteiger partial charge on any atom is 0.233 e. The van der Waals surface area contributed by atoms with E-state index < -0.39 is 0 Å². The molecular formula is C24H29N5O3S. The third kappa shape index (κ3) is 5.85. The molecule has 0 atom stereocenters. The highest BCUT2D eigenvalue weighted by atomic mass is 32.2. The predicted octanol–water partition coefficient (Wildman–Crippen LogP) is 3.35. The molecule has 0 saturated carbocycles. The van der Waals surface area contributed by atoms with E-state index in [4.69, 9.17) is 9.15 Å². The summed E-state index contributed by atoms with van der Waals surface area (Å²) in [6.45, 7) is 10.9. The standard InChI is InChI=1S/C24H29N5O3S/c1-3-10-29-23(21-9-16-31-19(21)2)25-26-24(29)33-18-22(30)28-13-11-27(12-14-28)15-17-32-20-7-5-4-6-8-20/h3-9,16H,1,10-15,17-18H2,2H3. The van der Waals surface area contributed by atoms with E-state index in [1.807, 2.05) is 52.8 Å². The number of rotatable bonds is 10. The minimum atomic E-state index is 0.120. The SMILES string of the molecule is C=CCn1c(SCC(=O)N2CCN(CCOc3ccccc3)CC2)nnc1-c1ccoc1C. The van der Waals surface area contributed by atoms with Crippen LogP contribution in [0.15, 0.2) is 64.9 Å². The lowest BCUT2D eigenvalue weighted by Crippen LogP contribution is -2.50. The molecule has 1 aliphatic rings. The van der Waals surface area contributed by atoms with Gasteiger partial charge in [0.25, 0.3) is 0 Å². The number of furan rings is 1. The first-order valence-electron chi connectivity index (χ1n) is 11.0. The average molecular weight is 468 g/mol. The van der Waals surface area contributed by atoms with Gasteiger partial charge in [-0.1, -0.05) is 36.0 Å². The first kappa shape index (κ1) is 23.1. The predicted molar refractivity (Wildman–Crippen MR) is 128 cm³/mol. The van der Waals surface area contributed by atoms with Crippen LogP contribution in [0.2, 0.25) is 0 Å². The lowest BCUT2D eigenvalue weighted by molar-refractivity contribution is -0.130.